The predicted octanol–water partition coefficient (Wildman–Crippen LogP) is 3.93. The maximum atomic E-state index is 5.74. The molecule has 1 fully saturated rings. The molecule has 0 spiro atoms. The zero-order valence-corrected chi connectivity index (χ0v) is 13.5. The number of nitrogens with one attached hydrogen (secondary N) is 1. The standard InChI is InChI=1S/C17H30N2O/c1-5-15-8-6-7-10-19(15)13-16-14(9-11-20-16)12-18-17(2,3)4/h9,11,15,18H,5-8,10,12-13H2,1-4H3. The van der Waals surface area contributed by atoms with Crippen LogP contribution in [0.4, 0.5) is 0 Å². The van der Waals surface area contributed by atoms with Crippen molar-refractivity contribution in [1.82, 2.24) is 10.2 Å². The number of rotatable bonds is 5. The number of nitrogens with zero attached hydrogens (tertiary/aromatic N) is 1. The van der Waals surface area contributed by atoms with E-state index in [1.165, 1.54) is 37.8 Å². The van der Waals surface area contributed by atoms with Crippen LogP contribution in [0.25, 0.3) is 0 Å². The van der Waals surface area contributed by atoms with E-state index in [2.05, 4.69) is 44.0 Å². The molecule has 20 heavy (non-hydrogen) atoms. The van der Waals surface area contributed by atoms with Gasteiger partial charge in [-0.05, 0) is 52.6 Å². The maximum Gasteiger partial charge on any atom is 0.122 e. The number of hydrogen-bond donors (Lipinski definition) is 1. The molecule has 0 amide bonds. The van der Waals surface area contributed by atoms with E-state index < -0.39 is 0 Å². The van der Waals surface area contributed by atoms with Crippen molar-refractivity contribution >= 4 is 0 Å². The first-order chi connectivity index (χ1) is 9.49. The lowest BCUT2D eigenvalue weighted by atomic mass is 9.99. The van der Waals surface area contributed by atoms with Gasteiger partial charge in [-0.25, -0.2) is 0 Å². The van der Waals surface area contributed by atoms with Crippen molar-refractivity contribution in [3.63, 3.8) is 0 Å². The largest absolute Gasteiger partial charge is 0.468 e. The summed E-state index contributed by atoms with van der Waals surface area (Å²) >= 11 is 0. The third-order valence-corrected chi connectivity index (χ3v) is 4.21. The maximum absolute atomic E-state index is 5.74. The van der Waals surface area contributed by atoms with Gasteiger partial charge in [0.1, 0.15) is 5.76 Å². The van der Waals surface area contributed by atoms with Gasteiger partial charge in [0.15, 0.2) is 0 Å². The molecule has 0 radical (unpaired) electrons. The Bertz CT molecular complexity index is 405. The molecular weight excluding hydrogens is 248 g/mol. The second-order valence-electron chi connectivity index (χ2n) is 7.00. The highest BCUT2D eigenvalue weighted by Crippen LogP contribution is 2.23. The lowest BCUT2D eigenvalue weighted by Gasteiger charge is -2.34. The van der Waals surface area contributed by atoms with Gasteiger partial charge in [-0.2, -0.15) is 0 Å². The van der Waals surface area contributed by atoms with E-state index in [0.29, 0.717) is 0 Å². The van der Waals surface area contributed by atoms with Gasteiger partial charge >= 0.3 is 0 Å². The van der Waals surface area contributed by atoms with E-state index in [1.807, 2.05) is 6.26 Å². The fourth-order valence-electron chi connectivity index (χ4n) is 2.94. The molecule has 2 heterocycles. The summed E-state index contributed by atoms with van der Waals surface area (Å²) in [7, 11) is 0. The van der Waals surface area contributed by atoms with E-state index in [0.717, 1.165) is 24.9 Å². The van der Waals surface area contributed by atoms with E-state index >= 15 is 0 Å². The SMILES string of the molecule is CCC1CCCCN1Cc1occc1CNC(C)(C)C. The predicted molar refractivity (Wildman–Crippen MR) is 83.6 cm³/mol. The normalized spacial score (nSPS) is 21.3. The minimum atomic E-state index is 0.144. The molecule has 3 heteroatoms. The molecule has 3 nitrogen and oxygen atoms in total. The zero-order valence-electron chi connectivity index (χ0n) is 13.5. The molecule has 0 saturated carbocycles. The summed E-state index contributed by atoms with van der Waals surface area (Å²) in [5, 5.41) is 3.55. The summed E-state index contributed by atoms with van der Waals surface area (Å²) in [5.74, 6) is 1.14. The third-order valence-electron chi connectivity index (χ3n) is 4.21. The Morgan fingerprint density at radius 2 is 2.15 bits per heavy atom. The van der Waals surface area contributed by atoms with Crippen LogP contribution < -0.4 is 5.32 Å². The number of likely N-dealkylation sites (tertiary alicyclic amines) is 1. The van der Waals surface area contributed by atoms with Gasteiger partial charge in [0.2, 0.25) is 0 Å². The van der Waals surface area contributed by atoms with Crippen LogP contribution in [-0.4, -0.2) is 23.0 Å². The first-order valence-corrected chi connectivity index (χ1v) is 8.04. The summed E-state index contributed by atoms with van der Waals surface area (Å²) in [4.78, 5) is 2.60. The van der Waals surface area contributed by atoms with Gasteiger partial charge in [0.25, 0.3) is 0 Å². The summed E-state index contributed by atoms with van der Waals surface area (Å²) in [6, 6.07) is 2.84. The Hall–Kier alpha value is -0.800. The highest BCUT2D eigenvalue weighted by Gasteiger charge is 2.23. The van der Waals surface area contributed by atoms with Crippen molar-refractivity contribution in [2.24, 2.45) is 0 Å². The molecule has 1 aromatic heterocycles. The fourth-order valence-corrected chi connectivity index (χ4v) is 2.94. The van der Waals surface area contributed by atoms with Crippen LogP contribution in [0, 0.1) is 0 Å². The van der Waals surface area contributed by atoms with Crippen LogP contribution in [0.2, 0.25) is 0 Å². The molecule has 1 atom stereocenters. The van der Waals surface area contributed by atoms with E-state index in [1.54, 1.807) is 0 Å². The lowest BCUT2D eigenvalue weighted by molar-refractivity contribution is 0.126. The Kier molecular flexibility index (Phi) is 5.28. The van der Waals surface area contributed by atoms with E-state index in [-0.39, 0.29) is 5.54 Å². The number of piperidine rings is 1. The molecular formula is C17H30N2O. The van der Waals surface area contributed by atoms with Crippen LogP contribution in [0.5, 0.6) is 0 Å². The first-order valence-electron chi connectivity index (χ1n) is 8.04. The van der Waals surface area contributed by atoms with Crippen molar-refractivity contribution in [3.8, 4) is 0 Å². The monoisotopic (exact) mass is 278 g/mol. The van der Waals surface area contributed by atoms with E-state index in [9.17, 15) is 0 Å². The van der Waals surface area contributed by atoms with E-state index in [4.69, 9.17) is 4.42 Å². The molecule has 1 aromatic rings. The molecule has 1 unspecified atom stereocenters. The van der Waals surface area contributed by atoms with Gasteiger partial charge < -0.3 is 9.73 Å². The third kappa shape index (κ3) is 4.35. The summed E-state index contributed by atoms with van der Waals surface area (Å²) in [6.07, 6.45) is 7.13. The van der Waals surface area contributed by atoms with Gasteiger partial charge in [-0.15, -0.1) is 0 Å². The molecule has 0 bridgehead atoms. The van der Waals surface area contributed by atoms with Crippen LogP contribution in [0.3, 0.4) is 0 Å². The van der Waals surface area contributed by atoms with Crippen LogP contribution in [0.15, 0.2) is 16.7 Å². The van der Waals surface area contributed by atoms with Crippen molar-refractivity contribution in [3.05, 3.63) is 23.7 Å². The topological polar surface area (TPSA) is 28.4 Å². The summed E-state index contributed by atoms with van der Waals surface area (Å²) in [6.45, 7) is 12.0. The summed E-state index contributed by atoms with van der Waals surface area (Å²) < 4.78 is 5.74. The Morgan fingerprint density at radius 1 is 1.35 bits per heavy atom. The highest BCUT2D eigenvalue weighted by atomic mass is 16.3. The van der Waals surface area contributed by atoms with Crippen molar-refractivity contribution in [1.29, 1.82) is 0 Å². The smallest absolute Gasteiger partial charge is 0.122 e. The molecule has 1 aliphatic rings. The highest BCUT2D eigenvalue weighted by molar-refractivity contribution is 5.17. The molecule has 1 saturated heterocycles. The summed E-state index contributed by atoms with van der Waals surface area (Å²) in [5.41, 5.74) is 1.45. The van der Waals surface area contributed by atoms with Gasteiger partial charge in [-0.3, -0.25) is 4.90 Å². The molecule has 114 valence electrons. The van der Waals surface area contributed by atoms with Crippen LogP contribution in [-0.2, 0) is 13.1 Å². The average Bonchev–Trinajstić information content (AvgIpc) is 2.83. The quantitative estimate of drug-likeness (QED) is 0.884. The molecule has 1 N–H and O–H groups in total. The Morgan fingerprint density at radius 3 is 2.85 bits per heavy atom. The van der Waals surface area contributed by atoms with Crippen molar-refractivity contribution in [2.45, 2.75) is 78.0 Å². The van der Waals surface area contributed by atoms with Gasteiger partial charge in [0, 0.05) is 23.7 Å². The fraction of sp³-hybridized carbons (Fsp3) is 0.765. The second-order valence-corrected chi connectivity index (χ2v) is 7.00. The lowest BCUT2D eigenvalue weighted by Crippen LogP contribution is -2.39. The molecule has 0 aliphatic carbocycles. The Labute approximate surface area is 123 Å². The minimum Gasteiger partial charge on any atom is -0.468 e. The average molecular weight is 278 g/mol. The van der Waals surface area contributed by atoms with Gasteiger partial charge in [0.05, 0.1) is 12.8 Å². The Balaban J connectivity index is 1.97. The molecule has 0 aromatic carbocycles. The van der Waals surface area contributed by atoms with Gasteiger partial charge in [-0.1, -0.05) is 13.3 Å². The molecule has 1 aliphatic heterocycles. The zero-order chi connectivity index (χ0) is 14.6. The number of furan rings is 1. The van der Waals surface area contributed by atoms with Crippen molar-refractivity contribution < 1.29 is 4.42 Å². The second kappa shape index (κ2) is 6.77. The van der Waals surface area contributed by atoms with Crippen LogP contribution >= 0.6 is 0 Å². The first kappa shape index (κ1) is 15.6. The minimum absolute atomic E-state index is 0.144. The number of hydrogen-bond acceptors (Lipinski definition) is 3. The van der Waals surface area contributed by atoms with Crippen molar-refractivity contribution in [2.75, 3.05) is 6.54 Å². The molecule has 2 rings (SSSR count). The van der Waals surface area contributed by atoms with Crippen LogP contribution in [0.1, 0.15) is 64.7 Å².